The maximum Gasteiger partial charge on any atom is 0.185 e. The molecule has 1 aromatic rings. The minimum absolute atomic E-state index is 0.0187. The fourth-order valence-electron chi connectivity index (χ4n) is 1.36. The lowest BCUT2D eigenvalue weighted by Gasteiger charge is -1.93. The minimum Gasteiger partial charge on any atom is -0.289 e. The van der Waals surface area contributed by atoms with E-state index in [1.807, 2.05) is 24.3 Å². The number of hydrogen-bond donors (Lipinski definition) is 0. The van der Waals surface area contributed by atoms with Gasteiger partial charge in [0.05, 0.1) is 0 Å². The maximum atomic E-state index is 11.6. The molecule has 0 fully saturated rings. The Hall–Kier alpha value is -1.96. The lowest BCUT2D eigenvalue weighted by atomic mass is 10.1. The molecule has 0 atom stereocenters. The Kier molecular flexibility index (Phi) is 2.88. The van der Waals surface area contributed by atoms with E-state index in [4.69, 9.17) is 0 Å². The van der Waals surface area contributed by atoms with Crippen molar-refractivity contribution >= 4 is 11.5 Å². The van der Waals surface area contributed by atoms with Crippen LogP contribution in [0.3, 0.4) is 0 Å². The Balaban J connectivity index is 2.04. The maximum absolute atomic E-state index is 11.6. The standard InChI is InChI=1S/C13H11NO/c15-13(11-5-2-1-3-6-11)9-8-12-7-4-10-14-12/h1-6,8-10H,7H2/b9-8+. The Morgan fingerprint density at radius 3 is 2.73 bits per heavy atom. The van der Waals surface area contributed by atoms with Crippen LogP contribution in [0, 0.1) is 0 Å². The molecule has 1 aromatic carbocycles. The van der Waals surface area contributed by atoms with Crippen LogP contribution in [0.2, 0.25) is 0 Å². The van der Waals surface area contributed by atoms with E-state index in [-0.39, 0.29) is 5.78 Å². The molecule has 2 nitrogen and oxygen atoms in total. The van der Waals surface area contributed by atoms with E-state index in [1.165, 1.54) is 0 Å². The number of carbonyl (C=O) groups excluding carboxylic acids is 1. The van der Waals surface area contributed by atoms with Crippen LogP contribution in [-0.4, -0.2) is 11.5 Å². The third-order valence-electron chi connectivity index (χ3n) is 2.16. The molecule has 15 heavy (non-hydrogen) atoms. The zero-order chi connectivity index (χ0) is 10.5. The molecule has 0 bridgehead atoms. The number of rotatable bonds is 3. The van der Waals surface area contributed by atoms with Crippen LogP contribution >= 0.6 is 0 Å². The summed E-state index contributed by atoms with van der Waals surface area (Å²) in [5.41, 5.74) is 1.64. The van der Waals surface area contributed by atoms with Crippen LogP contribution in [-0.2, 0) is 0 Å². The number of ketones is 1. The smallest absolute Gasteiger partial charge is 0.185 e. The number of benzene rings is 1. The summed E-state index contributed by atoms with van der Waals surface area (Å²) < 4.78 is 0. The molecule has 1 heterocycles. The van der Waals surface area contributed by atoms with E-state index in [0.29, 0.717) is 5.56 Å². The molecular weight excluding hydrogens is 186 g/mol. The van der Waals surface area contributed by atoms with E-state index in [1.54, 1.807) is 30.5 Å². The first-order valence-corrected chi connectivity index (χ1v) is 4.85. The molecule has 2 heteroatoms. The first-order valence-electron chi connectivity index (χ1n) is 4.85. The van der Waals surface area contributed by atoms with Crippen molar-refractivity contribution in [2.75, 3.05) is 0 Å². The predicted octanol–water partition coefficient (Wildman–Crippen LogP) is 2.78. The third-order valence-corrected chi connectivity index (χ3v) is 2.16. The summed E-state index contributed by atoms with van der Waals surface area (Å²) >= 11 is 0. The molecule has 74 valence electrons. The van der Waals surface area contributed by atoms with Gasteiger partial charge in [0.25, 0.3) is 0 Å². The van der Waals surface area contributed by atoms with Crippen LogP contribution in [0.25, 0.3) is 0 Å². The van der Waals surface area contributed by atoms with E-state index < -0.39 is 0 Å². The lowest BCUT2D eigenvalue weighted by molar-refractivity contribution is 0.104. The summed E-state index contributed by atoms with van der Waals surface area (Å²) in [7, 11) is 0. The minimum atomic E-state index is 0.0187. The largest absolute Gasteiger partial charge is 0.289 e. The van der Waals surface area contributed by atoms with E-state index in [0.717, 1.165) is 12.1 Å². The van der Waals surface area contributed by atoms with Gasteiger partial charge in [-0.25, -0.2) is 0 Å². The monoisotopic (exact) mass is 197 g/mol. The van der Waals surface area contributed by atoms with Gasteiger partial charge in [0.15, 0.2) is 5.78 Å². The molecule has 0 aliphatic carbocycles. The molecule has 0 saturated carbocycles. The second-order valence-electron chi connectivity index (χ2n) is 3.27. The molecule has 0 unspecified atom stereocenters. The quantitative estimate of drug-likeness (QED) is 0.541. The van der Waals surface area contributed by atoms with Crippen LogP contribution in [0.1, 0.15) is 16.8 Å². The summed E-state index contributed by atoms with van der Waals surface area (Å²) in [6.07, 6.45) is 7.88. The molecule has 1 aliphatic heterocycles. The second kappa shape index (κ2) is 4.51. The van der Waals surface area contributed by atoms with Gasteiger partial charge in [-0.1, -0.05) is 36.4 Å². The van der Waals surface area contributed by atoms with Gasteiger partial charge in [-0.2, -0.15) is 0 Å². The molecule has 0 amide bonds. The summed E-state index contributed by atoms with van der Waals surface area (Å²) in [5.74, 6) is 0.0187. The fraction of sp³-hybridized carbons (Fsp3) is 0.0769. The van der Waals surface area contributed by atoms with Crippen molar-refractivity contribution in [3.63, 3.8) is 0 Å². The predicted molar refractivity (Wildman–Crippen MR) is 61.1 cm³/mol. The number of aliphatic imine (C=N–C) groups is 1. The second-order valence-corrected chi connectivity index (χ2v) is 3.27. The number of carbonyl (C=O) groups is 1. The van der Waals surface area contributed by atoms with E-state index in [2.05, 4.69) is 4.99 Å². The highest BCUT2D eigenvalue weighted by atomic mass is 16.1. The third kappa shape index (κ3) is 2.50. The molecule has 0 saturated heterocycles. The van der Waals surface area contributed by atoms with Crippen molar-refractivity contribution < 1.29 is 4.79 Å². The number of allylic oxidation sites excluding steroid dienone is 3. The van der Waals surface area contributed by atoms with Crippen LogP contribution in [0.4, 0.5) is 0 Å². The highest BCUT2D eigenvalue weighted by Crippen LogP contribution is 2.04. The Morgan fingerprint density at radius 2 is 2.07 bits per heavy atom. The summed E-state index contributed by atoms with van der Waals surface area (Å²) in [5, 5.41) is 0. The van der Waals surface area contributed by atoms with Gasteiger partial charge >= 0.3 is 0 Å². The SMILES string of the molecule is O=C(/C=C/C1=NC=CC1)c1ccccc1. The van der Waals surface area contributed by atoms with Crippen molar-refractivity contribution in [2.24, 2.45) is 4.99 Å². The van der Waals surface area contributed by atoms with Crippen molar-refractivity contribution in [2.45, 2.75) is 6.42 Å². The number of nitrogens with zero attached hydrogens (tertiary/aromatic N) is 1. The van der Waals surface area contributed by atoms with E-state index >= 15 is 0 Å². The molecular formula is C13H11NO. The van der Waals surface area contributed by atoms with E-state index in [9.17, 15) is 4.79 Å². The molecule has 2 rings (SSSR count). The zero-order valence-electron chi connectivity index (χ0n) is 8.26. The van der Waals surface area contributed by atoms with Gasteiger partial charge in [0.2, 0.25) is 0 Å². The number of hydrogen-bond acceptors (Lipinski definition) is 2. The average molecular weight is 197 g/mol. The zero-order valence-corrected chi connectivity index (χ0v) is 8.26. The first-order chi connectivity index (χ1) is 7.36. The Labute approximate surface area is 88.7 Å². The molecule has 1 aliphatic rings. The van der Waals surface area contributed by atoms with Gasteiger partial charge in [-0.3, -0.25) is 9.79 Å². The topological polar surface area (TPSA) is 29.4 Å². The van der Waals surface area contributed by atoms with Gasteiger partial charge in [0, 0.05) is 23.9 Å². The summed E-state index contributed by atoms with van der Waals surface area (Å²) in [4.78, 5) is 15.7. The highest BCUT2D eigenvalue weighted by Gasteiger charge is 2.01. The van der Waals surface area contributed by atoms with Gasteiger partial charge in [0.1, 0.15) is 0 Å². The molecule has 0 radical (unpaired) electrons. The van der Waals surface area contributed by atoms with Crippen molar-refractivity contribution in [3.05, 3.63) is 60.3 Å². The summed E-state index contributed by atoms with van der Waals surface area (Å²) in [6.45, 7) is 0. The van der Waals surface area contributed by atoms with Crippen LogP contribution < -0.4 is 0 Å². The fourth-order valence-corrected chi connectivity index (χ4v) is 1.36. The van der Waals surface area contributed by atoms with Crippen LogP contribution in [0.15, 0.2) is 59.8 Å². The Bertz CT molecular complexity index is 441. The molecule has 0 N–H and O–H groups in total. The highest BCUT2D eigenvalue weighted by molar-refractivity contribution is 6.09. The Morgan fingerprint density at radius 1 is 1.27 bits per heavy atom. The first kappa shape index (κ1) is 9.59. The van der Waals surface area contributed by atoms with Crippen LogP contribution in [0.5, 0.6) is 0 Å². The molecule has 0 aromatic heterocycles. The molecule has 0 spiro atoms. The summed E-state index contributed by atoms with van der Waals surface area (Å²) in [6, 6.07) is 9.22. The average Bonchev–Trinajstić information content (AvgIpc) is 2.80. The van der Waals surface area contributed by atoms with Gasteiger partial charge in [-0.15, -0.1) is 0 Å². The normalized spacial score (nSPS) is 14.5. The van der Waals surface area contributed by atoms with Crippen molar-refractivity contribution in [3.8, 4) is 0 Å². The van der Waals surface area contributed by atoms with Crippen molar-refractivity contribution in [1.29, 1.82) is 0 Å². The van der Waals surface area contributed by atoms with Gasteiger partial charge in [-0.05, 0) is 12.2 Å². The van der Waals surface area contributed by atoms with Crippen molar-refractivity contribution in [1.82, 2.24) is 0 Å². The lowest BCUT2D eigenvalue weighted by Crippen LogP contribution is -1.95. The van der Waals surface area contributed by atoms with Gasteiger partial charge < -0.3 is 0 Å².